The summed E-state index contributed by atoms with van der Waals surface area (Å²) >= 11 is 1.44. The maximum absolute atomic E-state index is 12.9. The molecule has 212 valence electrons. The molecule has 3 aromatic rings. The van der Waals surface area contributed by atoms with Crippen molar-refractivity contribution in [1.82, 2.24) is 19.9 Å². The number of thiazole rings is 1. The van der Waals surface area contributed by atoms with Gasteiger partial charge in [0.05, 0.1) is 22.4 Å². The second-order valence-electron chi connectivity index (χ2n) is 12.4. The number of hydrogen-bond donors (Lipinski definition) is 2. The summed E-state index contributed by atoms with van der Waals surface area (Å²) in [6.45, 7) is 7.16. The van der Waals surface area contributed by atoms with Gasteiger partial charge in [-0.1, -0.05) is 17.4 Å². The molecule has 11 heteroatoms. The molecule has 1 aliphatic heterocycles. The van der Waals surface area contributed by atoms with Crippen molar-refractivity contribution >= 4 is 38.7 Å². The van der Waals surface area contributed by atoms with E-state index in [0.29, 0.717) is 24.0 Å². The molecule has 1 spiro atoms. The largest absolute Gasteiger partial charge is 0.444 e. The van der Waals surface area contributed by atoms with E-state index in [-0.39, 0.29) is 36.0 Å². The van der Waals surface area contributed by atoms with Crippen LogP contribution in [0.4, 0.5) is 9.93 Å². The van der Waals surface area contributed by atoms with E-state index in [1.807, 2.05) is 39.0 Å². The molecule has 40 heavy (non-hydrogen) atoms. The third kappa shape index (κ3) is 5.68. The van der Waals surface area contributed by atoms with Gasteiger partial charge in [0.1, 0.15) is 12.2 Å². The van der Waals surface area contributed by atoms with Gasteiger partial charge in [-0.15, -0.1) is 0 Å². The highest BCUT2D eigenvalue weighted by Crippen LogP contribution is 2.52. The first kappa shape index (κ1) is 27.0. The Morgan fingerprint density at radius 3 is 2.58 bits per heavy atom. The number of aliphatic hydroxyl groups excluding tert-OH is 1. The van der Waals surface area contributed by atoms with Crippen LogP contribution in [-0.4, -0.2) is 67.9 Å². The number of aliphatic hydroxyl groups is 1. The van der Waals surface area contributed by atoms with Crippen molar-refractivity contribution in [2.24, 2.45) is 11.3 Å². The summed E-state index contributed by atoms with van der Waals surface area (Å²) in [4.78, 5) is 40.3. The van der Waals surface area contributed by atoms with Gasteiger partial charge in [0.15, 0.2) is 11.0 Å². The lowest BCUT2D eigenvalue weighted by Gasteiger charge is -2.58. The molecule has 1 saturated heterocycles. The second kappa shape index (κ2) is 10.4. The lowest BCUT2D eigenvalue weighted by atomic mass is 9.57. The molecule has 2 aromatic heterocycles. The van der Waals surface area contributed by atoms with Gasteiger partial charge in [0.2, 0.25) is 5.91 Å². The standard InChI is InChI=1S/C29H35N5O5S/c1-28(2,3)39-27(37)34-15-29(16-34)10-18(11-29)25(36)33-26-32-20-8-7-17(9-23(20)40-26)19-12-30-24(31-13-19)14-38-22-6-4-5-21(22)35/h7-9,12-13,18,21-22,35H,4-6,10-11,14-16H2,1-3H3,(H,32,33,36)/t21-,22-/m0/s1. The lowest BCUT2D eigenvalue weighted by Crippen LogP contribution is -2.65. The number of rotatable bonds is 6. The highest BCUT2D eigenvalue weighted by Gasteiger charge is 2.56. The van der Waals surface area contributed by atoms with Gasteiger partial charge in [-0.3, -0.25) is 4.79 Å². The highest BCUT2D eigenvalue weighted by atomic mass is 32.1. The minimum Gasteiger partial charge on any atom is -0.444 e. The Balaban J connectivity index is 1.01. The number of nitrogens with zero attached hydrogens (tertiary/aromatic N) is 4. The Labute approximate surface area is 237 Å². The molecule has 3 fully saturated rings. The van der Waals surface area contributed by atoms with E-state index in [9.17, 15) is 14.7 Å². The fourth-order valence-electron chi connectivity index (χ4n) is 5.87. The monoisotopic (exact) mass is 565 g/mol. The topological polar surface area (TPSA) is 127 Å². The average molecular weight is 566 g/mol. The summed E-state index contributed by atoms with van der Waals surface area (Å²) in [7, 11) is 0. The van der Waals surface area contributed by atoms with Crippen LogP contribution in [0.2, 0.25) is 0 Å². The molecule has 2 amide bonds. The predicted molar refractivity (Wildman–Crippen MR) is 151 cm³/mol. The molecule has 2 N–H and O–H groups in total. The number of carbonyl (C=O) groups excluding carboxylic acids is 2. The molecule has 2 saturated carbocycles. The molecular formula is C29H35N5O5S. The fourth-order valence-corrected chi connectivity index (χ4v) is 6.78. The van der Waals surface area contributed by atoms with Crippen LogP contribution >= 0.6 is 11.3 Å². The van der Waals surface area contributed by atoms with E-state index in [1.165, 1.54) is 11.3 Å². The van der Waals surface area contributed by atoms with Crippen molar-refractivity contribution in [3.63, 3.8) is 0 Å². The summed E-state index contributed by atoms with van der Waals surface area (Å²) in [5.74, 6) is 0.501. The van der Waals surface area contributed by atoms with Crippen LogP contribution in [0.3, 0.4) is 0 Å². The lowest BCUT2D eigenvalue weighted by molar-refractivity contribution is -0.137. The Kier molecular flexibility index (Phi) is 7.00. The van der Waals surface area contributed by atoms with Crippen molar-refractivity contribution in [2.45, 2.75) is 77.3 Å². The Morgan fingerprint density at radius 1 is 1.15 bits per heavy atom. The Bertz CT molecular complexity index is 1400. The van der Waals surface area contributed by atoms with Crippen molar-refractivity contribution in [3.05, 3.63) is 36.4 Å². The summed E-state index contributed by atoms with van der Waals surface area (Å²) in [6.07, 6.45) is 6.92. The first-order chi connectivity index (χ1) is 19.1. The summed E-state index contributed by atoms with van der Waals surface area (Å²) in [5.41, 5.74) is 2.21. The van der Waals surface area contributed by atoms with E-state index in [1.54, 1.807) is 17.3 Å². The molecule has 3 heterocycles. The number of nitrogens with one attached hydrogen (secondary N) is 1. The summed E-state index contributed by atoms with van der Waals surface area (Å²) < 4.78 is 12.2. The van der Waals surface area contributed by atoms with E-state index in [4.69, 9.17) is 9.47 Å². The molecule has 6 rings (SSSR count). The SMILES string of the molecule is CC(C)(C)OC(=O)N1CC2(CC(C(=O)Nc3nc4ccc(-c5cnc(CO[C@H]6CCC[C@@H]6O)nc5)cc4s3)C2)C1. The van der Waals surface area contributed by atoms with Gasteiger partial charge in [0.25, 0.3) is 0 Å². The van der Waals surface area contributed by atoms with Gasteiger partial charge in [-0.25, -0.2) is 19.7 Å². The van der Waals surface area contributed by atoms with Crippen LogP contribution in [0.15, 0.2) is 30.6 Å². The third-order valence-corrected chi connectivity index (χ3v) is 8.87. The number of fused-ring (bicyclic) bond motifs is 1. The van der Waals surface area contributed by atoms with Crippen LogP contribution in [-0.2, 0) is 20.9 Å². The molecule has 0 radical (unpaired) electrons. The van der Waals surface area contributed by atoms with Crippen LogP contribution in [0.25, 0.3) is 21.3 Å². The molecule has 1 aromatic carbocycles. The highest BCUT2D eigenvalue weighted by molar-refractivity contribution is 7.22. The maximum atomic E-state index is 12.9. The van der Waals surface area contributed by atoms with Gasteiger partial charge in [0, 0.05) is 42.4 Å². The zero-order valence-corrected chi connectivity index (χ0v) is 23.9. The molecule has 3 aliphatic rings. The normalized spacial score (nSPS) is 22.2. The molecular weight excluding hydrogens is 530 g/mol. The minimum atomic E-state index is -0.506. The predicted octanol–water partition coefficient (Wildman–Crippen LogP) is 4.77. The zero-order valence-electron chi connectivity index (χ0n) is 23.1. The van der Waals surface area contributed by atoms with Crippen molar-refractivity contribution in [1.29, 1.82) is 0 Å². The second-order valence-corrected chi connectivity index (χ2v) is 13.4. The molecule has 0 bridgehead atoms. The van der Waals surface area contributed by atoms with Crippen molar-refractivity contribution < 1.29 is 24.2 Å². The minimum absolute atomic E-state index is 0.0167. The quantitative estimate of drug-likeness (QED) is 0.438. The van der Waals surface area contributed by atoms with Gasteiger partial charge in [-0.05, 0) is 70.6 Å². The van der Waals surface area contributed by atoms with Gasteiger partial charge >= 0.3 is 6.09 Å². The van der Waals surface area contributed by atoms with E-state index < -0.39 is 11.7 Å². The van der Waals surface area contributed by atoms with E-state index >= 15 is 0 Å². The summed E-state index contributed by atoms with van der Waals surface area (Å²) in [5, 5.41) is 13.5. The fraction of sp³-hybridized carbons (Fsp3) is 0.552. The van der Waals surface area contributed by atoms with E-state index in [0.717, 1.165) is 53.4 Å². The Morgan fingerprint density at radius 2 is 1.90 bits per heavy atom. The zero-order chi connectivity index (χ0) is 28.1. The van der Waals surface area contributed by atoms with Crippen LogP contribution in [0, 0.1) is 11.3 Å². The summed E-state index contributed by atoms with van der Waals surface area (Å²) in [6, 6.07) is 5.94. The first-order valence-electron chi connectivity index (χ1n) is 13.9. The number of aromatic nitrogens is 3. The van der Waals surface area contributed by atoms with Crippen LogP contribution in [0.1, 0.15) is 58.7 Å². The number of benzene rings is 1. The average Bonchev–Trinajstić information content (AvgIpc) is 3.44. The number of carbonyl (C=O) groups is 2. The molecule has 2 aliphatic carbocycles. The van der Waals surface area contributed by atoms with Crippen molar-refractivity contribution in [3.8, 4) is 11.1 Å². The van der Waals surface area contributed by atoms with Gasteiger partial charge < -0.3 is 24.8 Å². The van der Waals surface area contributed by atoms with E-state index in [2.05, 4.69) is 20.3 Å². The van der Waals surface area contributed by atoms with Gasteiger partial charge in [-0.2, -0.15) is 0 Å². The third-order valence-electron chi connectivity index (χ3n) is 7.94. The molecule has 10 nitrogen and oxygen atoms in total. The first-order valence-corrected chi connectivity index (χ1v) is 14.7. The number of anilines is 1. The smallest absolute Gasteiger partial charge is 0.410 e. The number of ether oxygens (including phenoxy) is 2. The maximum Gasteiger partial charge on any atom is 0.410 e. The number of amides is 2. The van der Waals surface area contributed by atoms with Crippen molar-refractivity contribution in [2.75, 3.05) is 18.4 Å². The van der Waals surface area contributed by atoms with Crippen LogP contribution in [0.5, 0.6) is 0 Å². The molecule has 2 atom stereocenters. The molecule has 0 unspecified atom stereocenters. The van der Waals surface area contributed by atoms with Crippen LogP contribution < -0.4 is 5.32 Å². The Hall–Kier alpha value is -3.15. The number of likely N-dealkylation sites (tertiary alicyclic amines) is 1. The number of hydrogen-bond acceptors (Lipinski definition) is 9.